The average molecular weight is 380 g/mol. The van der Waals surface area contributed by atoms with Gasteiger partial charge < -0.3 is 4.57 Å². The maximum absolute atomic E-state index is 12.7. The van der Waals surface area contributed by atoms with Gasteiger partial charge >= 0.3 is 0 Å². The summed E-state index contributed by atoms with van der Waals surface area (Å²) < 4.78 is 2.15. The Morgan fingerprint density at radius 1 is 1.11 bits per heavy atom. The first-order valence-electron chi connectivity index (χ1n) is 9.21. The molecular formula is C22H25N3OS. The molecule has 2 aromatic heterocycles. The van der Waals surface area contributed by atoms with Crippen molar-refractivity contribution >= 4 is 11.8 Å². The summed E-state index contributed by atoms with van der Waals surface area (Å²) in [5.74, 6) is 1.52. The summed E-state index contributed by atoms with van der Waals surface area (Å²) in [5, 5.41) is 0.286. The first-order valence-corrected chi connectivity index (χ1v) is 10.3. The number of rotatable bonds is 6. The number of benzene rings is 1. The van der Waals surface area contributed by atoms with E-state index in [1.54, 1.807) is 11.8 Å². The molecule has 5 heteroatoms. The van der Waals surface area contributed by atoms with Crippen LogP contribution in [-0.2, 0) is 12.3 Å². The summed E-state index contributed by atoms with van der Waals surface area (Å²) in [7, 11) is 0. The van der Waals surface area contributed by atoms with Gasteiger partial charge in [0.1, 0.15) is 5.82 Å². The van der Waals surface area contributed by atoms with E-state index >= 15 is 0 Å². The monoisotopic (exact) mass is 379 g/mol. The highest BCUT2D eigenvalue weighted by atomic mass is 32.2. The molecule has 0 saturated carbocycles. The van der Waals surface area contributed by atoms with E-state index in [-0.39, 0.29) is 10.8 Å². The second-order valence-electron chi connectivity index (χ2n) is 6.59. The van der Waals surface area contributed by atoms with E-state index < -0.39 is 0 Å². The van der Waals surface area contributed by atoms with Gasteiger partial charge in [-0.25, -0.2) is 0 Å². The topological polar surface area (TPSA) is 47.8 Å². The van der Waals surface area contributed by atoms with Gasteiger partial charge in [-0.05, 0) is 44.9 Å². The van der Waals surface area contributed by atoms with Gasteiger partial charge in [-0.1, -0.05) is 36.4 Å². The molecule has 0 aliphatic carbocycles. The highest BCUT2D eigenvalue weighted by molar-refractivity contribution is 7.98. The van der Waals surface area contributed by atoms with Crippen molar-refractivity contribution in [3.63, 3.8) is 0 Å². The quantitative estimate of drug-likeness (QED) is 0.609. The van der Waals surface area contributed by atoms with Gasteiger partial charge in [0.05, 0.1) is 11.3 Å². The highest BCUT2D eigenvalue weighted by Crippen LogP contribution is 2.31. The number of pyridine rings is 1. The van der Waals surface area contributed by atoms with Gasteiger partial charge in [0.2, 0.25) is 0 Å². The van der Waals surface area contributed by atoms with Crippen molar-refractivity contribution in [1.29, 1.82) is 0 Å². The molecule has 1 aromatic carbocycles. The minimum atomic E-state index is -0.149. The molecule has 3 rings (SSSR count). The zero-order valence-corrected chi connectivity index (χ0v) is 17.1. The van der Waals surface area contributed by atoms with Gasteiger partial charge in [0, 0.05) is 29.4 Å². The van der Waals surface area contributed by atoms with Crippen LogP contribution in [0, 0.1) is 13.8 Å². The molecule has 0 aliphatic heterocycles. The molecule has 0 N–H and O–H groups in total. The second kappa shape index (κ2) is 8.53. The van der Waals surface area contributed by atoms with E-state index in [1.807, 2.05) is 56.4 Å². The zero-order valence-electron chi connectivity index (χ0n) is 16.3. The Morgan fingerprint density at radius 2 is 1.85 bits per heavy atom. The lowest BCUT2D eigenvalue weighted by molar-refractivity contribution is 0.668. The van der Waals surface area contributed by atoms with Crippen LogP contribution in [0.25, 0.3) is 11.1 Å². The maximum atomic E-state index is 12.7. The van der Waals surface area contributed by atoms with Crippen LogP contribution < -0.4 is 5.56 Å². The highest BCUT2D eigenvalue weighted by Gasteiger charge is 2.16. The molecule has 0 saturated heterocycles. The first kappa shape index (κ1) is 19.4. The normalized spacial score (nSPS) is 12.1. The van der Waals surface area contributed by atoms with Crippen LogP contribution in [-0.4, -0.2) is 14.5 Å². The Labute approximate surface area is 164 Å². The van der Waals surface area contributed by atoms with Gasteiger partial charge in [-0.15, -0.1) is 11.8 Å². The van der Waals surface area contributed by atoms with E-state index in [2.05, 4.69) is 34.4 Å². The van der Waals surface area contributed by atoms with Crippen LogP contribution in [0.2, 0.25) is 0 Å². The predicted molar refractivity (Wildman–Crippen MR) is 113 cm³/mol. The van der Waals surface area contributed by atoms with Gasteiger partial charge in [0.15, 0.2) is 0 Å². The summed E-state index contributed by atoms with van der Waals surface area (Å²) in [6, 6.07) is 13.9. The molecule has 4 nitrogen and oxygen atoms in total. The first-order chi connectivity index (χ1) is 13.0. The Morgan fingerprint density at radius 3 is 2.48 bits per heavy atom. The van der Waals surface area contributed by atoms with E-state index in [0.717, 1.165) is 29.3 Å². The summed E-state index contributed by atoms with van der Waals surface area (Å²) in [6.07, 6.45) is 1.93. The fourth-order valence-corrected chi connectivity index (χ4v) is 4.15. The van der Waals surface area contributed by atoms with Crippen molar-refractivity contribution in [1.82, 2.24) is 14.5 Å². The van der Waals surface area contributed by atoms with Gasteiger partial charge in [-0.2, -0.15) is 4.98 Å². The zero-order chi connectivity index (χ0) is 19.4. The lowest BCUT2D eigenvalue weighted by Crippen LogP contribution is -2.22. The summed E-state index contributed by atoms with van der Waals surface area (Å²) >= 11 is 1.77. The largest absolute Gasteiger partial charge is 0.333 e. The third-order valence-corrected chi connectivity index (χ3v) is 5.96. The number of aromatic nitrogens is 3. The van der Waals surface area contributed by atoms with Crippen molar-refractivity contribution in [2.45, 2.75) is 45.2 Å². The number of nitrogens with zero attached hydrogens (tertiary/aromatic N) is 3. The predicted octanol–water partition coefficient (Wildman–Crippen LogP) is 4.94. The standard InChI is InChI=1S/C22H25N3OS/c1-5-25-16(3)21(18-9-7-6-8-10-18)22(26)24-20(25)14-27-17(4)19-12-11-15(2)23-13-19/h6-13,17H,5,14H2,1-4H3. The second-order valence-corrected chi connectivity index (χ2v) is 7.92. The molecule has 0 radical (unpaired) electrons. The Hall–Kier alpha value is -2.40. The van der Waals surface area contributed by atoms with Crippen LogP contribution >= 0.6 is 11.8 Å². The smallest absolute Gasteiger partial charge is 0.281 e. The lowest BCUT2D eigenvalue weighted by atomic mass is 10.1. The third kappa shape index (κ3) is 4.30. The summed E-state index contributed by atoms with van der Waals surface area (Å²) in [5.41, 5.74) is 4.65. The van der Waals surface area contributed by atoms with Crippen LogP contribution in [0.15, 0.2) is 53.5 Å². The Bertz CT molecular complexity index is 965. The molecule has 27 heavy (non-hydrogen) atoms. The van der Waals surface area contributed by atoms with E-state index in [4.69, 9.17) is 0 Å². The lowest BCUT2D eigenvalue weighted by Gasteiger charge is -2.18. The average Bonchev–Trinajstić information content (AvgIpc) is 2.67. The van der Waals surface area contributed by atoms with E-state index in [9.17, 15) is 4.79 Å². The molecule has 2 heterocycles. The fourth-order valence-electron chi connectivity index (χ4n) is 3.20. The minimum absolute atomic E-state index is 0.149. The van der Waals surface area contributed by atoms with Crippen molar-refractivity contribution in [3.05, 3.63) is 81.8 Å². The summed E-state index contributed by atoms with van der Waals surface area (Å²) in [4.78, 5) is 21.5. The molecule has 0 aliphatic rings. The molecule has 1 unspecified atom stereocenters. The third-order valence-electron chi connectivity index (χ3n) is 4.77. The fraction of sp³-hybridized carbons (Fsp3) is 0.318. The van der Waals surface area contributed by atoms with Crippen molar-refractivity contribution in [3.8, 4) is 11.1 Å². The van der Waals surface area contributed by atoms with Crippen LogP contribution in [0.1, 0.15) is 41.9 Å². The SMILES string of the molecule is CCn1c(CSC(C)c2ccc(C)nc2)nc(=O)c(-c2ccccc2)c1C. The maximum Gasteiger partial charge on any atom is 0.281 e. The number of hydrogen-bond acceptors (Lipinski definition) is 4. The van der Waals surface area contributed by atoms with Crippen LogP contribution in [0.3, 0.4) is 0 Å². The Balaban J connectivity index is 1.88. The summed E-state index contributed by atoms with van der Waals surface area (Å²) in [6.45, 7) is 9.04. The van der Waals surface area contributed by atoms with Crippen LogP contribution in [0.5, 0.6) is 0 Å². The molecular weight excluding hydrogens is 354 g/mol. The number of hydrogen-bond donors (Lipinski definition) is 0. The molecule has 0 amide bonds. The van der Waals surface area contributed by atoms with Crippen molar-refractivity contribution in [2.75, 3.05) is 0 Å². The van der Waals surface area contributed by atoms with Gasteiger partial charge in [-0.3, -0.25) is 9.78 Å². The van der Waals surface area contributed by atoms with E-state index in [1.165, 1.54) is 5.56 Å². The molecule has 3 aromatic rings. The van der Waals surface area contributed by atoms with Crippen molar-refractivity contribution < 1.29 is 0 Å². The molecule has 1 atom stereocenters. The molecule has 140 valence electrons. The minimum Gasteiger partial charge on any atom is -0.333 e. The van der Waals surface area contributed by atoms with E-state index in [0.29, 0.717) is 11.3 Å². The number of thioether (sulfide) groups is 1. The number of aryl methyl sites for hydroxylation is 1. The molecule has 0 spiro atoms. The van der Waals surface area contributed by atoms with Crippen LogP contribution in [0.4, 0.5) is 0 Å². The van der Waals surface area contributed by atoms with Crippen molar-refractivity contribution in [2.24, 2.45) is 0 Å². The molecule has 0 fully saturated rings. The molecule has 0 bridgehead atoms. The van der Waals surface area contributed by atoms with Gasteiger partial charge in [0.25, 0.3) is 5.56 Å². The Kier molecular flexibility index (Phi) is 6.11.